The van der Waals surface area contributed by atoms with E-state index in [2.05, 4.69) is 5.32 Å². The molecule has 0 saturated heterocycles. The van der Waals surface area contributed by atoms with Gasteiger partial charge >= 0.3 is 0 Å². The minimum Gasteiger partial charge on any atom is -0.322 e. The van der Waals surface area contributed by atoms with Gasteiger partial charge in [0.1, 0.15) is 5.54 Å². The summed E-state index contributed by atoms with van der Waals surface area (Å²) < 4.78 is 24.8. The molecular formula is C17H19N3O5S. The average Bonchev–Trinajstić information content (AvgIpc) is 2.61. The van der Waals surface area contributed by atoms with Crippen LogP contribution in [0.5, 0.6) is 0 Å². The minimum atomic E-state index is -3.88. The van der Waals surface area contributed by atoms with Crippen LogP contribution in [0.15, 0.2) is 59.5 Å². The topological polar surface area (TPSA) is 139 Å². The Morgan fingerprint density at radius 1 is 1.08 bits per heavy atom. The van der Waals surface area contributed by atoms with E-state index in [0.717, 1.165) is 0 Å². The Balaban J connectivity index is 2.13. The van der Waals surface area contributed by atoms with Crippen molar-refractivity contribution in [1.82, 2.24) is 5.48 Å². The molecule has 2 rings (SSSR count). The number of sulfone groups is 1. The molecule has 2 amide bonds. The lowest BCUT2D eigenvalue weighted by Crippen LogP contribution is -2.55. The van der Waals surface area contributed by atoms with E-state index in [4.69, 9.17) is 10.9 Å². The zero-order chi connectivity index (χ0) is 19.4. The summed E-state index contributed by atoms with van der Waals surface area (Å²) >= 11 is 0. The molecular weight excluding hydrogens is 358 g/mol. The second-order valence-corrected chi connectivity index (χ2v) is 7.95. The molecule has 0 aliphatic rings. The van der Waals surface area contributed by atoms with Crippen LogP contribution >= 0.6 is 0 Å². The number of carbonyl (C=O) groups excluding carboxylic acids is 2. The molecule has 138 valence electrons. The lowest BCUT2D eigenvalue weighted by Gasteiger charge is -2.21. The third kappa shape index (κ3) is 4.66. The Labute approximate surface area is 150 Å². The van der Waals surface area contributed by atoms with Gasteiger partial charge in [0.15, 0.2) is 9.84 Å². The Morgan fingerprint density at radius 2 is 1.65 bits per heavy atom. The quantitative estimate of drug-likeness (QED) is 0.436. The normalized spacial score (nSPS) is 13.5. The molecule has 26 heavy (non-hydrogen) atoms. The van der Waals surface area contributed by atoms with Gasteiger partial charge in [-0.25, -0.2) is 13.9 Å². The molecule has 1 unspecified atom stereocenters. The predicted octanol–water partition coefficient (Wildman–Crippen LogP) is 0.935. The van der Waals surface area contributed by atoms with Gasteiger partial charge in [-0.05, 0) is 43.3 Å². The Kier molecular flexibility index (Phi) is 5.76. The molecule has 0 aromatic heterocycles. The molecule has 2 aromatic rings. The molecule has 0 aliphatic heterocycles. The Bertz CT molecular complexity index is 894. The van der Waals surface area contributed by atoms with Crippen molar-refractivity contribution in [3.8, 4) is 0 Å². The number of anilines is 1. The van der Waals surface area contributed by atoms with Crippen LogP contribution in [0, 0.1) is 0 Å². The maximum atomic E-state index is 12.4. The number of hydrogen-bond donors (Lipinski definition) is 4. The number of nitrogens with two attached hydrogens (primary N) is 1. The van der Waals surface area contributed by atoms with E-state index in [-0.39, 0.29) is 10.8 Å². The Hall–Kier alpha value is -2.75. The van der Waals surface area contributed by atoms with Crippen molar-refractivity contribution in [2.45, 2.75) is 17.4 Å². The summed E-state index contributed by atoms with van der Waals surface area (Å²) in [7, 11) is -3.88. The Morgan fingerprint density at radius 3 is 2.19 bits per heavy atom. The molecule has 0 bridgehead atoms. The fourth-order valence-electron chi connectivity index (χ4n) is 2.21. The van der Waals surface area contributed by atoms with E-state index in [1.165, 1.54) is 36.7 Å². The average molecular weight is 377 g/mol. The summed E-state index contributed by atoms with van der Waals surface area (Å²) in [6, 6.07) is 14.1. The van der Waals surface area contributed by atoms with Crippen molar-refractivity contribution in [1.29, 1.82) is 0 Å². The largest absolute Gasteiger partial charge is 0.322 e. The molecule has 0 saturated carbocycles. The number of nitrogens with one attached hydrogen (secondary N) is 2. The molecule has 0 aliphatic carbocycles. The van der Waals surface area contributed by atoms with Crippen LogP contribution < -0.4 is 16.5 Å². The lowest BCUT2D eigenvalue weighted by atomic mass is 10.1. The van der Waals surface area contributed by atoms with Gasteiger partial charge < -0.3 is 11.1 Å². The van der Waals surface area contributed by atoms with Crippen LogP contribution in [0.1, 0.15) is 17.3 Å². The molecule has 0 radical (unpaired) electrons. The monoisotopic (exact) mass is 377 g/mol. The SMILES string of the molecule is CC(N)(CS(=O)(=O)c1ccc(NC(=O)c2ccccc2)cc1)C(=O)NO. The number of rotatable bonds is 6. The fraction of sp³-hybridized carbons (Fsp3) is 0.176. The highest BCUT2D eigenvalue weighted by Crippen LogP contribution is 2.19. The number of hydroxylamine groups is 1. The summed E-state index contributed by atoms with van der Waals surface area (Å²) in [5, 5.41) is 11.3. The predicted molar refractivity (Wildman–Crippen MR) is 95.4 cm³/mol. The van der Waals surface area contributed by atoms with Crippen molar-refractivity contribution in [2.24, 2.45) is 5.73 Å². The zero-order valence-corrected chi connectivity index (χ0v) is 14.8. The molecule has 0 heterocycles. The second-order valence-electron chi connectivity index (χ2n) is 5.96. The maximum absolute atomic E-state index is 12.4. The second kappa shape index (κ2) is 7.65. The van der Waals surface area contributed by atoms with Gasteiger partial charge in [0.05, 0.1) is 10.6 Å². The van der Waals surface area contributed by atoms with E-state index in [1.807, 2.05) is 0 Å². The van der Waals surface area contributed by atoms with E-state index in [0.29, 0.717) is 11.3 Å². The highest BCUT2D eigenvalue weighted by Gasteiger charge is 2.34. The van der Waals surface area contributed by atoms with Gasteiger partial charge in [-0.2, -0.15) is 0 Å². The first kappa shape index (κ1) is 19.6. The van der Waals surface area contributed by atoms with Crippen molar-refractivity contribution in [3.05, 3.63) is 60.2 Å². The van der Waals surface area contributed by atoms with Crippen LogP contribution in [0.2, 0.25) is 0 Å². The molecule has 8 nitrogen and oxygen atoms in total. The van der Waals surface area contributed by atoms with Crippen LogP contribution in [0.25, 0.3) is 0 Å². The van der Waals surface area contributed by atoms with Crippen molar-refractivity contribution in [2.75, 3.05) is 11.1 Å². The standard InChI is InChI=1S/C17H19N3O5S/c1-17(18,16(22)20-23)11-26(24,25)14-9-7-13(8-10-14)19-15(21)12-5-3-2-4-6-12/h2-10,23H,11,18H2,1H3,(H,19,21)(H,20,22). The van der Waals surface area contributed by atoms with Crippen LogP contribution in [0.3, 0.4) is 0 Å². The van der Waals surface area contributed by atoms with Gasteiger partial charge in [-0.1, -0.05) is 18.2 Å². The highest BCUT2D eigenvalue weighted by atomic mass is 32.2. The minimum absolute atomic E-state index is 0.0578. The number of hydrogen-bond acceptors (Lipinski definition) is 6. The summed E-state index contributed by atoms with van der Waals surface area (Å²) in [5.41, 5.74) is 6.09. The number of carbonyl (C=O) groups is 2. The van der Waals surface area contributed by atoms with Gasteiger partial charge in [-0.3, -0.25) is 14.8 Å². The van der Waals surface area contributed by atoms with E-state index < -0.39 is 27.0 Å². The van der Waals surface area contributed by atoms with Crippen LogP contribution in [-0.4, -0.2) is 36.7 Å². The summed E-state index contributed by atoms with van der Waals surface area (Å²) in [6.07, 6.45) is 0. The van der Waals surface area contributed by atoms with Crippen LogP contribution in [0.4, 0.5) is 5.69 Å². The van der Waals surface area contributed by atoms with Crippen LogP contribution in [-0.2, 0) is 14.6 Å². The lowest BCUT2D eigenvalue weighted by molar-refractivity contribution is -0.133. The fourth-order valence-corrected chi connectivity index (χ4v) is 3.85. The number of benzene rings is 2. The molecule has 0 spiro atoms. The smallest absolute Gasteiger partial charge is 0.264 e. The van der Waals surface area contributed by atoms with Crippen molar-refractivity contribution in [3.63, 3.8) is 0 Å². The van der Waals surface area contributed by atoms with E-state index in [1.54, 1.807) is 30.3 Å². The van der Waals surface area contributed by atoms with Gasteiger partial charge in [0.25, 0.3) is 11.8 Å². The summed E-state index contributed by atoms with van der Waals surface area (Å²) in [4.78, 5) is 23.5. The van der Waals surface area contributed by atoms with Gasteiger partial charge in [-0.15, -0.1) is 0 Å². The highest BCUT2D eigenvalue weighted by molar-refractivity contribution is 7.91. The van der Waals surface area contributed by atoms with Gasteiger partial charge in [0.2, 0.25) is 0 Å². The molecule has 5 N–H and O–H groups in total. The van der Waals surface area contributed by atoms with Crippen molar-refractivity contribution >= 4 is 27.3 Å². The van der Waals surface area contributed by atoms with Crippen molar-refractivity contribution < 1.29 is 23.2 Å². The maximum Gasteiger partial charge on any atom is 0.264 e. The first-order chi connectivity index (χ1) is 12.2. The first-order valence-electron chi connectivity index (χ1n) is 7.58. The molecule has 0 fully saturated rings. The molecule has 2 aromatic carbocycles. The first-order valence-corrected chi connectivity index (χ1v) is 9.23. The van der Waals surface area contributed by atoms with E-state index >= 15 is 0 Å². The zero-order valence-electron chi connectivity index (χ0n) is 14.0. The third-order valence-electron chi connectivity index (χ3n) is 3.62. The number of amides is 2. The molecule has 1 atom stereocenters. The summed E-state index contributed by atoms with van der Waals surface area (Å²) in [6.45, 7) is 1.20. The third-order valence-corrected chi connectivity index (χ3v) is 5.59. The van der Waals surface area contributed by atoms with E-state index in [9.17, 15) is 18.0 Å². The van der Waals surface area contributed by atoms with Gasteiger partial charge in [0, 0.05) is 11.3 Å². The summed E-state index contributed by atoms with van der Waals surface area (Å²) in [5.74, 6) is -2.02. The molecule has 9 heteroatoms.